The van der Waals surface area contributed by atoms with Gasteiger partial charge in [0.15, 0.2) is 5.60 Å². The third kappa shape index (κ3) is 3.07. The Kier molecular flexibility index (Phi) is 4.37. The predicted molar refractivity (Wildman–Crippen MR) is 97.5 cm³/mol. The second-order valence-corrected chi connectivity index (χ2v) is 7.22. The number of hydrogen-bond donors (Lipinski definition) is 1. The standard InChI is InChI=1S/C17H12ClF2N5OS/c1-25-23-15(22-24-25)9-2-5-13-14(6-9)27-16(21-13)17(26,8-18)11-4-3-10(19)7-12(11)20/h2-7,26H,8H2,1H3. The van der Waals surface area contributed by atoms with Gasteiger partial charge in [0.25, 0.3) is 0 Å². The molecule has 0 aliphatic rings. The molecule has 138 valence electrons. The van der Waals surface area contributed by atoms with Gasteiger partial charge in [-0.2, -0.15) is 4.80 Å². The Morgan fingerprint density at radius 2 is 2.04 bits per heavy atom. The summed E-state index contributed by atoms with van der Waals surface area (Å²) in [6, 6.07) is 8.29. The molecule has 2 aromatic carbocycles. The van der Waals surface area contributed by atoms with Crippen LogP contribution in [0, 0.1) is 11.6 Å². The second kappa shape index (κ2) is 6.59. The van der Waals surface area contributed by atoms with Crippen LogP contribution in [0.5, 0.6) is 0 Å². The van der Waals surface area contributed by atoms with E-state index < -0.39 is 17.2 Å². The third-order valence-corrected chi connectivity index (χ3v) is 5.63. The fraction of sp³-hybridized carbons (Fsp3) is 0.176. The lowest BCUT2D eigenvalue weighted by molar-refractivity contribution is 0.101. The van der Waals surface area contributed by atoms with Gasteiger partial charge in [0.1, 0.15) is 16.6 Å². The van der Waals surface area contributed by atoms with Gasteiger partial charge in [-0.3, -0.25) is 0 Å². The Hall–Kier alpha value is -2.49. The molecule has 0 saturated heterocycles. The molecule has 0 aliphatic heterocycles. The monoisotopic (exact) mass is 407 g/mol. The van der Waals surface area contributed by atoms with Gasteiger partial charge >= 0.3 is 0 Å². The van der Waals surface area contributed by atoms with Crippen LogP contribution in [0.25, 0.3) is 21.6 Å². The van der Waals surface area contributed by atoms with E-state index in [2.05, 4.69) is 20.4 Å². The first kappa shape index (κ1) is 17.9. The lowest BCUT2D eigenvalue weighted by Crippen LogP contribution is -2.30. The maximum absolute atomic E-state index is 14.3. The molecule has 2 aromatic heterocycles. The fourth-order valence-corrected chi connectivity index (χ4v) is 4.17. The van der Waals surface area contributed by atoms with Gasteiger partial charge in [-0.1, -0.05) is 0 Å². The molecule has 27 heavy (non-hydrogen) atoms. The van der Waals surface area contributed by atoms with Crippen LogP contribution in [0.4, 0.5) is 8.78 Å². The van der Waals surface area contributed by atoms with E-state index in [1.54, 1.807) is 19.2 Å². The van der Waals surface area contributed by atoms with Crippen molar-refractivity contribution in [3.63, 3.8) is 0 Å². The molecule has 0 saturated carbocycles. The van der Waals surface area contributed by atoms with Crippen LogP contribution >= 0.6 is 22.9 Å². The zero-order valence-corrected chi connectivity index (χ0v) is 15.5. The number of fused-ring (bicyclic) bond motifs is 1. The molecule has 10 heteroatoms. The minimum Gasteiger partial charge on any atom is -0.376 e. The van der Waals surface area contributed by atoms with Gasteiger partial charge in [0.05, 0.1) is 23.1 Å². The molecule has 0 fully saturated rings. The van der Waals surface area contributed by atoms with Crippen LogP contribution < -0.4 is 0 Å². The van der Waals surface area contributed by atoms with E-state index in [4.69, 9.17) is 11.6 Å². The van der Waals surface area contributed by atoms with E-state index in [1.807, 2.05) is 6.07 Å². The third-order valence-electron chi connectivity index (χ3n) is 4.08. The Bertz CT molecular complexity index is 1150. The van der Waals surface area contributed by atoms with Gasteiger partial charge in [-0.25, -0.2) is 13.8 Å². The number of benzene rings is 2. The number of alkyl halides is 1. The van der Waals surface area contributed by atoms with Crippen molar-refractivity contribution in [1.29, 1.82) is 0 Å². The number of tetrazole rings is 1. The average Bonchev–Trinajstić information content (AvgIpc) is 3.26. The maximum Gasteiger partial charge on any atom is 0.204 e. The van der Waals surface area contributed by atoms with E-state index in [9.17, 15) is 13.9 Å². The smallest absolute Gasteiger partial charge is 0.204 e. The van der Waals surface area contributed by atoms with Crippen LogP contribution in [0.15, 0.2) is 36.4 Å². The van der Waals surface area contributed by atoms with E-state index in [-0.39, 0.29) is 16.5 Å². The van der Waals surface area contributed by atoms with Crippen molar-refractivity contribution in [2.45, 2.75) is 5.60 Å². The topological polar surface area (TPSA) is 76.7 Å². The molecule has 4 rings (SSSR count). The zero-order chi connectivity index (χ0) is 19.2. The van der Waals surface area contributed by atoms with Crippen molar-refractivity contribution in [1.82, 2.24) is 25.2 Å². The fourth-order valence-electron chi connectivity index (χ4n) is 2.71. The summed E-state index contributed by atoms with van der Waals surface area (Å²) in [6.45, 7) is 0. The highest BCUT2D eigenvalue weighted by atomic mass is 35.5. The number of halogens is 3. The molecule has 1 unspecified atom stereocenters. The van der Waals surface area contributed by atoms with Crippen molar-refractivity contribution in [3.05, 3.63) is 58.6 Å². The summed E-state index contributed by atoms with van der Waals surface area (Å²) in [5, 5.41) is 23.2. The van der Waals surface area contributed by atoms with Crippen molar-refractivity contribution >= 4 is 33.2 Å². The zero-order valence-electron chi connectivity index (χ0n) is 13.9. The largest absolute Gasteiger partial charge is 0.376 e. The predicted octanol–water partition coefficient (Wildman–Crippen LogP) is 3.24. The first-order valence-corrected chi connectivity index (χ1v) is 9.15. The van der Waals surface area contributed by atoms with Crippen LogP contribution in [0.3, 0.4) is 0 Å². The number of hydrogen-bond acceptors (Lipinski definition) is 6. The number of nitrogens with zero attached hydrogens (tertiary/aromatic N) is 5. The van der Waals surface area contributed by atoms with Crippen LogP contribution in [0.1, 0.15) is 10.6 Å². The summed E-state index contributed by atoms with van der Waals surface area (Å²) >= 11 is 7.14. The first-order chi connectivity index (χ1) is 12.9. The Balaban J connectivity index is 1.82. The summed E-state index contributed by atoms with van der Waals surface area (Å²) in [5.74, 6) is -1.51. The summed E-state index contributed by atoms with van der Waals surface area (Å²) < 4.78 is 28.2. The molecule has 2 heterocycles. The van der Waals surface area contributed by atoms with Gasteiger partial charge in [0, 0.05) is 17.2 Å². The normalized spacial score (nSPS) is 13.8. The van der Waals surface area contributed by atoms with Crippen molar-refractivity contribution < 1.29 is 13.9 Å². The van der Waals surface area contributed by atoms with Gasteiger partial charge < -0.3 is 5.11 Å². The number of rotatable bonds is 4. The van der Waals surface area contributed by atoms with E-state index in [0.29, 0.717) is 17.4 Å². The van der Waals surface area contributed by atoms with Crippen molar-refractivity contribution in [2.24, 2.45) is 7.05 Å². The number of aryl methyl sites for hydroxylation is 1. The average molecular weight is 408 g/mol. The molecule has 4 aromatic rings. The first-order valence-electron chi connectivity index (χ1n) is 7.80. The Labute approximate surface area is 161 Å². The highest BCUT2D eigenvalue weighted by Gasteiger charge is 2.37. The van der Waals surface area contributed by atoms with Crippen LogP contribution in [-0.2, 0) is 12.6 Å². The molecule has 1 N–H and O–H groups in total. The SMILES string of the molecule is Cn1nnc(-c2ccc3nc(C(O)(CCl)c4ccc(F)cc4F)sc3c2)n1. The van der Waals surface area contributed by atoms with Gasteiger partial charge in [-0.05, 0) is 35.5 Å². The molecule has 0 aliphatic carbocycles. The van der Waals surface area contributed by atoms with E-state index in [1.165, 1.54) is 10.9 Å². The molecular weight excluding hydrogens is 396 g/mol. The summed E-state index contributed by atoms with van der Waals surface area (Å²) in [5.41, 5.74) is -0.677. The summed E-state index contributed by atoms with van der Waals surface area (Å²) in [6.07, 6.45) is 0. The number of aromatic nitrogens is 5. The molecule has 6 nitrogen and oxygen atoms in total. The maximum atomic E-state index is 14.3. The van der Waals surface area contributed by atoms with Crippen molar-refractivity contribution in [2.75, 3.05) is 5.88 Å². The van der Waals surface area contributed by atoms with Crippen molar-refractivity contribution in [3.8, 4) is 11.4 Å². The lowest BCUT2D eigenvalue weighted by atomic mass is 9.96. The van der Waals surface area contributed by atoms with Crippen LogP contribution in [-0.4, -0.2) is 36.2 Å². The second-order valence-electron chi connectivity index (χ2n) is 5.92. The summed E-state index contributed by atoms with van der Waals surface area (Å²) in [4.78, 5) is 5.75. The Morgan fingerprint density at radius 1 is 1.22 bits per heavy atom. The molecule has 0 radical (unpaired) electrons. The molecule has 0 amide bonds. The molecule has 0 spiro atoms. The molecule has 0 bridgehead atoms. The minimum atomic E-state index is -1.88. The number of aliphatic hydroxyl groups is 1. The highest BCUT2D eigenvalue weighted by Crippen LogP contribution is 2.38. The van der Waals surface area contributed by atoms with Gasteiger partial charge in [-0.15, -0.1) is 33.1 Å². The number of thiazole rings is 1. The lowest BCUT2D eigenvalue weighted by Gasteiger charge is -2.24. The molecule has 1 atom stereocenters. The highest BCUT2D eigenvalue weighted by molar-refractivity contribution is 7.18. The minimum absolute atomic E-state index is 0.131. The molecular formula is C17H12ClF2N5OS. The quantitative estimate of drug-likeness (QED) is 0.525. The van der Waals surface area contributed by atoms with E-state index >= 15 is 0 Å². The Morgan fingerprint density at radius 3 is 2.70 bits per heavy atom. The van der Waals surface area contributed by atoms with Gasteiger partial charge in [0.2, 0.25) is 5.82 Å². The summed E-state index contributed by atoms with van der Waals surface area (Å²) in [7, 11) is 1.66. The van der Waals surface area contributed by atoms with Crippen LogP contribution in [0.2, 0.25) is 0 Å². The van der Waals surface area contributed by atoms with E-state index in [0.717, 1.165) is 27.7 Å².